The zero-order valence-electron chi connectivity index (χ0n) is 7.81. The molecule has 0 amide bonds. The summed E-state index contributed by atoms with van der Waals surface area (Å²) in [5.41, 5.74) is 0. The highest BCUT2D eigenvalue weighted by molar-refractivity contribution is 4.70. The van der Waals surface area contributed by atoms with Crippen molar-refractivity contribution in [3.8, 4) is 0 Å². The van der Waals surface area contributed by atoms with Gasteiger partial charge in [0.2, 0.25) is 0 Å². The Labute approximate surface area is 75.7 Å². The van der Waals surface area contributed by atoms with Gasteiger partial charge in [-0.2, -0.15) is 0 Å². The van der Waals surface area contributed by atoms with Crippen molar-refractivity contribution in [2.24, 2.45) is 0 Å². The van der Waals surface area contributed by atoms with Crippen LogP contribution in [0.5, 0.6) is 0 Å². The van der Waals surface area contributed by atoms with Gasteiger partial charge in [0.1, 0.15) is 0 Å². The Hall–Kier alpha value is -0.600. The van der Waals surface area contributed by atoms with Gasteiger partial charge in [0.25, 0.3) is 0 Å². The SMILES string of the molecule is C=CCNCCCCNCC=C. The summed E-state index contributed by atoms with van der Waals surface area (Å²) in [6.07, 6.45) is 6.21. The first-order chi connectivity index (χ1) is 5.91. The van der Waals surface area contributed by atoms with Gasteiger partial charge >= 0.3 is 0 Å². The van der Waals surface area contributed by atoms with Crippen LogP contribution in [-0.2, 0) is 0 Å². The molecule has 0 atom stereocenters. The van der Waals surface area contributed by atoms with E-state index in [9.17, 15) is 0 Å². The predicted molar refractivity (Wildman–Crippen MR) is 55.4 cm³/mol. The van der Waals surface area contributed by atoms with Crippen LogP contribution in [-0.4, -0.2) is 26.2 Å². The molecular formula is C10H20N2. The van der Waals surface area contributed by atoms with E-state index in [1.165, 1.54) is 12.8 Å². The summed E-state index contributed by atoms with van der Waals surface area (Å²) in [5, 5.41) is 6.52. The maximum absolute atomic E-state index is 3.63. The van der Waals surface area contributed by atoms with Gasteiger partial charge in [0.15, 0.2) is 0 Å². The molecule has 2 N–H and O–H groups in total. The van der Waals surface area contributed by atoms with Gasteiger partial charge in [0.05, 0.1) is 0 Å². The molecule has 0 rings (SSSR count). The van der Waals surface area contributed by atoms with Crippen molar-refractivity contribution in [2.75, 3.05) is 26.2 Å². The van der Waals surface area contributed by atoms with Crippen molar-refractivity contribution in [1.82, 2.24) is 10.6 Å². The monoisotopic (exact) mass is 168 g/mol. The summed E-state index contributed by atoms with van der Waals surface area (Å²) in [4.78, 5) is 0. The first-order valence-corrected chi connectivity index (χ1v) is 4.55. The molecule has 0 aliphatic carbocycles. The largest absolute Gasteiger partial charge is 0.313 e. The maximum atomic E-state index is 3.63. The number of rotatable bonds is 9. The van der Waals surface area contributed by atoms with E-state index in [1.54, 1.807) is 0 Å². The zero-order chi connectivity index (χ0) is 9.07. The molecule has 0 saturated carbocycles. The highest BCUT2D eigenvalue weighted by Crippen LogP contribution is 1.83. The second kappa shape index (κ2) is 10.4. The average Bonchev–Trinajstić information content (AvgIpc) is 2.10. The Kier molecular flexibility index (Phi) is 9.88. The number of unbranched alkanes of at least 4 members (excludes halogenated alkanes) is 1. The van der Waals surface area contributed by atoms with Crippen molar-refractivity contribution < 1.29 is 0 Å². The summed E-state index contributed by atoms with van der Waals surface area (Å²) >= 11 is 0. The molecule has 0 radical (unpaired) electrons. The summed E-state index contributed by atoms with van der Waals surface area (Å²) < 4.78 is 0. The van der Waals surface area contributed by atoms with Gasteiger partial charge < -0.3 is 10.6 Å². The molecule has 0 aromatic carbocycles. The second-order valence-corrected chi connectivity index (χ2v) is 2.69. The highest BCUT2D eigenvalue weighted by atomic mass is 14.9. The minimum Gasteiger partial charge on any atom is -0.313 e. The minimum absolute atomic E-state index is 0.917. The van der Waals surface area contributed by atoms with Crippen LogP contribution in [0, 0.1) is 0 Å². The molecule has 0 aliphatic heterocycles. The van der Waals surface area contributed by atoms with Crippen molar-refractivity contribution in [3.05, 3.63) is 25.3 Å². The van der Waals surface area contributed by atoms with E-state index in [0.29, 0.717) is 0 Å². The molecule has 0 fully saturated rings. The van der Waals surface area contributed by atoms with Crippen molar-refractivity contribution in [3.63, 3.8) is 0 Å². The van der Waals surface area contributed by atoms with E-state index in [-0.39, 0.29) is 0 Å². The lowest BCUT2D eigenvalue weighted by molar-refractivity contribution is 0.617. The molecule has 0 aliphatic rings. The van der Waals surface area contributed by atoms with Gasteiger partial charge in [-0.3, -0.25) is 0 Å². The van der Waals surface area contributed by atoms with Crippen molar-refractivity contribution >= 4 is 0 Å². The fourth-order valence-corrected chi connectivity index (χ4v) is 0.908. The molecule has 12 heavy (non-hydrogen) atoms. The minimum atomic E-state index is 0.917. The van der Waals surface area contributed by atoms with Gasteiger partial charge in [-0.1, -0.05) is 12.2 Å². The maximum Gasteiger partial charge on any atom is 0.0132 e. The van der Waals surface area contributed by atoms with Crippen LogP contribution in [0.2, 0.25) is 0 Å². The molecule has 0 unspecified atom stereocenters. The van der Waals surface area contributed by atoms with Crippen LogP contribution in [0.3, 0.4) is 0 Å². The lowest BCUT2D eigenvalue weighted by atomic mass is 10.3. The first kappa shape index (κ1) is 11.4. The third-order valence-corrected chi connectivity index (χ3v) is 1.53. The van der Waals surface area contributed by atoms with Crippen LogP contribution in [0.25, 0.3) is 0 Å². The molecule has 0 saturated heterocycles. The summed E-state index contributed by atoms with van der Waals surface area (Å²) in [7, 11) is 0. The molecule has 0 aromatic rings. The van der Waals surface area contributed by atoms with E-state index < -0.39 is 0 Å². The van der Waals surface area contributed by atoms with Crippen LogP contribution >= 0.6 is 0 Å². The third-order valence-electron chi connectivity index (χ3n) is 1.53. The van der Waals surface area contributed by atoms with Gasteiger partial charge in [0, 0.05) is 13.1 Å². The van der Waals surface area contributed by atoms with E-state index in [1.807, 2.05) is 12.2 Å². The zero-order valence-corrected chi connectivity index (χ0v) is 7.81. The van der Waals surface area contributed by atoms with Crippen molar-refractivity contribution in [1.29, 1.82) is 0 Å². The molecule has 2 heteroatoms. The third kappa shape index (κ3) is 9.40. The van der Waals surface area contributed by atoms with Crippen LogP contribution in [0.15, 0.2) is 25.3 Å². The Bertz CT molecular complexity index is 96.4. The molecule has 0 heterocycles. The molecular weight excluding hydrogens is 148 g/mol. The number of hydrogen-bond donors (Lipinski definition) is 2. The number of hydrogen-bond acceptors (Lipinski definition) is 2. The average molecular weight is 168 g/mol. The van der Waals surface area contributed by atoms with Gasteiger partial charge in [-0.25, -0.2) is 0 Å². The molecule has 0 spiro atoms. The summed E-state index contributed by atoms with van der Waals surface area (Å²) in [6, 6.07) is 0. The molecule has 70 valence electrons. The van der Waals surface area contributed by atoms with E-state index in [4.69, 9.17) is 0 Å². The second-order valence-electron chi connectivity index (χ2n) is 2.69. The van der Waals surface area contributed by atoms with Crippen LogP contribution < -0.4 is 10.6 Å². The van der Waals surface area contributed by atoms with Gasteiger partial charge in [-0.05, 0) is 25.9 Å². The quantitative estimate of drug-likeness (QED) is 0.401. The Morgan fingerprint density at radius 3 is 1.58 bits per heavy atom. The normalized spacial score (nSPS) is 9.67. The van der Waals surface area contributed by atoms with Gasteiger partial charge in [-0.15, -0.1) is 13.2 Å². The Morgan fingerprint density at radius 2 is 1.25 bits per heavy atom. The lowest BCUT2D eigenvalue weighted by Crippen LogP contribution is -2.18. The summed E-state index contributed by atoms with van der Waals surface area (Å²) in [5.74, 6) is 0. The topological polar surface area (TPSA) is 24.1 Å². The highest BCUT2D eigenvalue weighted by Gasteiger charge is 1.86. The molecule has 0 bridgehead atoms. The predicted octanol–water partition coefficient (Wildman–Crippen LogP) is 1.32. The van der Waals surface area contributed by atoms with E-state index in [2.05, 4.69) is 23.8 Å². The first-order valence-electron chi connectivity index (χ1n) is 4.55. The van der Waals surface area contributed by atoms with E-state index in [0.717, 1.165) is 26.2 Å². The lowest BCUT2D eigenvalue weighted by Gasteiger charge is -2.02. The van der Waals surface area contributed by atoms with E-state index >= 15 is 0 Å². The Balaban J connectivity index is 2.81. The molecule has 2 nitrogen and oxygen atoms in total. The molecule has 0 aromatic heterocycles. The Morgan fingerprint density at radius 1 is 0.833 bits per heavy atom. The van der Waals surface area contributed by atoms with Crippen LogP contribution in [0.1, 0.15) is 12.8 Å². The fourth-order valence-electron chi connectivity index (χ4n) is 0.908. The fraction of sp³-hybridized carbons (Fsp3) is 0.600. The van der Waals surface area contributed by atoms with Crippen LogP contribution in [0.4, 0.5) is 0 Å². The van der Waals surface area contributed by atoms with Crippen molar-refractivity contribution in [2.45, 2.75) is 12.8 Å². The standard InChI is InChI=1S/C10H20N2/c1-3-7-11-9-5-6-10-12-8-4-2/h3-4,11-12H,1-2,5-10H2. The number of nitrogens with one attached hydrogen (secondary N) is 2. The smallest absolute Gasteiger partial charge is 0.0132 e. The summed E-state index contributed by atoms with van der Waals surface area (Å²) in [6.45, 7) is 11.3.